The van der Waals surface area contributed by atoms with E-state index in [-0.39, 0.29) is 17.2 Å². The van der Waals surface area contributed by atoms with Gasteiger partial charge in [-0.05, 0) is 42.1 Å². The van der Waals surface area contributed by atoms with Gasteiger partial charge in [-0.1, -0.05) is 60.7 Å². The summed E-state index contributed by atoms with van der Waals surface area (Å²) in [4.78, 5) is 25.5. The summed E-state index contributed by atoms with van der Waals surface area (Å²) in [5, 5.41) is 21.9. The van der Waals surface area contributed by atoms with Gasteiger partial charge in [0.1, 0.15) is 5.75 Å². The highest BCUT2D eigenvalue weighted by molar-refractivity contribution is 7.17. The van der Waals surface area contributed by atoms with Gasteiger partial charge in [0.05, 0.1) is 16.8 Å². The molecule has 0 aliphatic heterocycles. The van der Waals surface area contributed by atoms with Crippen molar-refractivity contribution in [2.24, 2.45) is 5.10 Å². The smallest absolute Gasteiger partial charge is 0.275 e. The number of phenols is 1. The van der Waals surface area contributed by atoms with Gasteiger partial charge in [0, 0.05) is 26.5 Å². The highest BCUT2D eigenvalue weighted by Crippen LogP contribution is 2.29. The number of rotatable bonds is 5. The summed E-state index contributed by atoms with van der Waals surface area (Å²) in [6.45, 7) is 1.76. The lowest BCUT2D eigenvalue weighted by Gasteiger charge is -2.09. The lowest BCUT2D eigenvalue weighted by Crippen LogP contribution is -2.19. The molecule has 35 heavy (non-hydrogen) atoms. The predicted octanol–water partition coefficient (Wildman–Crippen LogP) is 6.17. The summed E-state index contributed by atoms with van der Waals surface area (Å²) in [6, 6.07) is 25.7. The zero-order valence-electron chi connectivity index (χ0n) is 18.8. The van der Waals surface area contributed by atoms with E-state index >= 15 is 0 Å². The fourth-order valence-corrected chi connectivity index (χ4v) is 4.81. The molecule has 1 aromatic heterocycles. The minimum absolute atomic E-state index is 0.0842. The first kappa shape index (κ1) is 22.3. The third-order valence-electron chi connectivity index (χ3n) is 5.73. The van der Waals surface area contributed by atoms with Gasteiger partial charge in [0.25, 0.3) is 11.8 Å². The third-order valence-corrected chi connectivity index (χ3v) is 6.70. The van der Waals surface area contributed by atoms with Crippen LogP contribution in [-0.2, 0) is 0 Å². The van der Waals surface area contributed by atoms with Gasteiger partial charge in [0.2, 0.25) is 0 Å². The number of phenolic OH excluding ortho intramolecular Hbond substituents is 1. The summed E-state index contributed by atoms with van der Waals surface area (Å²) < 4.78 is 1.06. The minimum Gasteiger partial charge on any atom is -0.506 e. The van der Waals surface area contributed by atoms with Crippen LogP contribution in [0.5, 0.6) is 5.75 Å². The number of nitrogens with one attached hydrogen (secondary N) is 2. The van der Waals surface area contributed by atoms with E-state index in [1.54, 1.807) is 43.3 Å². The minimum atomic E-state index is -0.513. The second kappa shape index (κ2) is 9.40. The molecule has 2 amide bonds. The predicted molar refractivity (Wildman–Crippen MR) is 142 cm³/mol. The van der Waals surface area contributed by atoms with Crippen LogP contribution in [0, 0.1) is 0 Å². The van der Waals surface area contributed by atoms with Gasteiger partial charge in [0.15, 0.2) is 0 Å². The first-order valence-electron chi connectivity index (χ1n) is 10.9. The van der Waals surface area contributed by atoms with E-state index in [1.165, 1.54) is 11.3 Å². The van der Waals surface area contributed by atoms with Crippen molar-refractivity contribution in [1.29, 1.82) is 0 Å². The van der Waals surface area contributed by atoms with E-state index in [0.29, 0.717) is 22.3 Å². The zero-order valence-corrected chi connectivity index (χ0v) is 19.6. The second-order valence-electron chi connectivity index (χ2n) is 8.00. The Morgan fingerprint density at radius 1 is 0.829 bits per heavy atom. The van der Waals surface area contributed by atoms with Gasteiger partial charge in [-0.3, -0.25) is 9.59 Å². The first-order valence-corrected chi connectivity index (χ1v) is 11.8. The van der Waals surface area contributed by atoms with E-state index in [9.17, 15) is 14.7 Å². The normalized spacial score (nSPS) is 11.5. The molecule has 0 bridgehead atoms. The summed E-state index contributed by atoms with van der Waals surface area (Å²) in [6.07, 6.45) is 0. The van der Waals surface area contributed by atoms with Crippen LogP contribution in [0.15, 0.2) is 95.4 Å². The third kappa shape index (κ3) is 4.49. The van der Waals surface area contributed by atoms with Gasteiger partial charge in [-0.2, -0.15) is 5.10 Å². The number of amides is 2. The van der Waals surface area contributed by atoms with E-state index in [0.717, 1.165) is 21.0 Å². The van der Waals surface area contributed by atoms with E-state index in [4.69, 9.17) is 0 Å². The molecule has 4 aromatic carbocycles. The lowest BCUT2D eigenvalue weighted by molar-refractivity contribution is 0.0951. The Morgan fingerprint density at radius 2 is 1.60 bits per heavy atom. The van der Waals surface area contributed by atoms with Crippen LogP contribution >= 0.6 is 11.3 Å². The Kier molecular flexibility index (Phi) is 5.99. The average Bonchev–Trinajstić information content (AvgIpc) is 3.32. The van der Waals surface area contributed by atoms with Crippen molar-refractivity contribution < 1.29 is 14.7 Å². The molecule has 5 rings (SSSR count). The summed E-state index contributed by atoms with van der Waals surface area (Å²) in [5.41, 5.74) is 5.19. The molecule has 0 atom stereocenters. The number of hydrogen-bond acceptors (Lipinski definition) is 5. The quantitative estimate of drug-likeness (QED) is 0.208. The number of benzene rings is 4. The largest absolute Gasteiger partial charge is 0.506 e. The molecule has 1 heterocycles. The Bertz CT molecular complexity index is 1620. The molecule has 6 nitrogen and oxygen atoms in total. The van der Waals surface area contributed by atoms with Crippen molar-refractivity contribution in [2.75, 3.05) is 5.32 Å². The van der Waals surface area contributed by atoms with Gasteiger partial charge in [-0.15, -0.1) is 11.3 Å². The van der Waals surface area contributed by atoms with Gasteiger partial charge in [-0.25, -0.2) is 5.43 Å². The summed E-state index contributed by atoms with van der Waals surface area (Å²) in [7, 11) is 0. The molecule has 0 spiro atoms. The standard InChI is InChI=1S/C28H21N3O3S/c1-17(30-31-28(34)23-14-13-18-7-2-3-10-21(18)26(23)32)19-8-6-9-20(15-19)29-27(33)24-16-35-25-12-5-4-11-22(24)25/h2-16,32H,1H3,(H,29,33)(H,31,34)/b30-17+. The summed E-state index contributed by atoms with van der Waals surface area (Å²) in [5.74, 6) is -0.783. The van der Waals surface area contributed by atoms with E-state index < -0.39 is 5.91 Å². The maximum Gasteiger partial charge on any atom is 0.275 e. The van der Waals surface area contributed by atoms with Crippen molar-refractivity contribution in [1.82, 2.24) is 5.43 Å². The van der Waals surface area contributed by atoms with Gasteiger partial charge >= 0.3 is 0 Å². The number of anilines is 1. The van der Waals surface area contributed by atoms with Gasteiger partial charge < -0.3 is 10.4 Å². The fraction of sp³-hybridized carbons (Fsp3) is 0.0357. The average molecular weight is 480 g/mol. The highest BCUT2D eigenvalue weighted by Gasteiger charge is 2.14. The lowest BCUT2D eigenvalue weighted by atomic mass is 10.1. The van der Waals surface area contributed by atoms with Crippen LogP contribution in [0.2, 0.25) is 0 Å². The number of thiophene rings is 1. The number of hydrazone groups is 1. The van der Waals surface area contributed by atoms with Crippen molar-refractivity contribution in [2.45, 2.75) is 6.92 Å². The molecule has 0 saturated carbocycles. The van der Waals surface area contributed by atoms with Crippen molar-refractivity contribution in [3.05, 3.63) is 107 Å². The number of carbonyl (C=O) groups excluding carboxylic acids is 2. The number of fused-ring (bicyclic) bond motifs is 2. The number of carbonyl (C=O) groups is 2. The topological polar surface area (TPSA) is 90.8 Å². The molecule has 3 N–H and O–H groups in total. The molecule has 7 heteroatoms. The molecular weight excluding hydrogens is 458 g/mol. The Morgan fingerprint density at radius 3 is 2.46 bits per heavy atom. The molecule has 172 valence electrons. The SMILES string of the molecule is C/C(=N\NC(=O)c1ccc2ccccc2c1O)c1cccc(NC(=O)c2csc3ccccc23)c1. The maximum atomic E-state index is 12.9. The molecular formula is C28H21N3O3S. The zero-order chi connectivity index (χ0) is 24.4. The fourth-order valence-electron chi connectivity index (χ4n) is 3.87. The molecule has 5 aromatic rings. The monoisotopic (exact) mass is 479 g/mol. The van der Waals surface area contributed by atoms with Crippen LogP contribution in [-0.4, -0.2) is 22.6 Å². The Hall–Kier alpha value is -4.49. The molecule has 0 unspecified atom stereocenters. The Balaban J connectivity index is 1.32. The molecule has 0 aliphatic carbocycles. The van der Waals surface area contributed by atoms with Crippen LogP contribution in [0.1, 0.15) is 33.2 Å². The molecule has 0 radical (unpaired) electrons. The molecule has 0 aliphatic rings. The van der Waals surface area contributed by atoms with Crippen LogP contribution in [0.25, 0.3) is 20.9 Å². The maximum absolute atomic E-state index is 12.9. The Labute approximate surface area is 205 Å². The molecule has 0 saturated heterocycles. The first-order chi connectivity index (χ1) is 17.0. The van der Waals surface area contributed by atoms with Crippen LogP contribution in [0.4, 0.5) is 5.69 Å². The van der Waals surface area contributed by atoms with E-state index in [1.807, 2.05) is 53.9 Å². The van der Waals surface area contributed by atoms with Crippen LogP contribution in [0.3, 0.4) is 0 Å². The summed E-state index contributed by atoms with van der Waals surface area (Å²) >= 11 is 1.53. The number of hydrogen-bond donors (Lipinski definition) is 3. The van der Waals surface area contributed by atoms with Crippen molar-refractivity contribution in [3.8, 4) is 5.75 Å². The number of nitrogens with zero attached hydrogens (tertiary/aromatic N) is 1. The second-order valence-corrected chi connectivity index (χ2v) is 8.91. The molecule has 0 fully saturated rings. The van der Waals surface area contributed by atoms with Crippen molar-refractivity contribution in [3.63, 3.8) is 0 Å². The van der Waals surface area contributed by atoms with Crippen LogP contribution < -0.4 is 10.7 Å². The highest BCUT2D eigenvalue weighted by atomic mass is 32.1. The number of aromatic hydroxyl groups is 1. The van der Waals surface area contributed by atoms with Crippen molar-refractivity contribution >= 4 is 55.4 Å². The van der Waals surface area contributed by atoms with E-state index in [2.05, 4.69) is 15.8 Å².